The van der Waals surface area contributed by atoms with Crippen molar-refractivity contribution in [2.45, 2.75) is 64.4 Å². The maximum atomic E-state index is 13.4. The van der Waals surface area contributed by atoms with Crippen molar-refractivity contribution >= 4 is 18.0 Å². The summed E-state index contributed by atoms with van der Waals surface area (Å²) in [5.41, 5.74) is 0.196. The highest BCUT2D eigenvalue weighted by molar-refractivity contribution is 5.91. The Kier molecular flexibility index (Phi) is 6.12. The lowest BCUT2D eigenvalue weighted by Gasteiger charge is -2.36. The first-order chi connectivity index (χ1) is 13.7. The van der Waals surface area contributed by atoms with Gasteiger partial charge in [0.05, 0.1) is 12.1 Å². The number of benzene rings is 1. The molecule has 1 aromatic carbocycles. The third-order valence-corrected chi connectivity index (χ3v) is 5.45. The summed E-state index contributed by atoms with van der Waals surface area (Å²) in [6.45, 7) is 6.04. The predicted octanol–water partition coefficient (Wildman–Crippen LogP) is 2.17. The number of ether oxygens (including phenoxy) is 2. The number of carboxylic acids is 1. The normalized spacial score (nSPS) is 24.7. The third kappa shape index (κ3) is 4.70. The smallest absolute Gasteiger partial charge is 0.408 e. The minimum Gasteiger partial charge on any atom is -0.480 e. The molecule has 0 aliphatic carbocycles. The lowest BCUT2D eigenvalue weighted by atomic mass is 9.85. The zero-order valence-corrected chi connectivity index (χ0v) is 17.0. The van der Waals surface area contributed by atoms with E-state index in [0.29, 0.717) is 13.0 Å². The Morgan fingerprint density at radius 2 is 1.97 bits per heavy atom. The number of carboxylic acid groups (broad SMARTS) is 1. The minimum absolute atomic E-state index is 0.0811. The van der Waals surface area contributed by atoms with Crippen molar-refractivity contribution in [1.29, 1.82) is 0 Å². The second-order valence-corrected chi connectivity index (χ2v) is 8.61. The van der Waals surface area contributed by atoms with Gasteiger partial charge in [-0.25, -0.2) is 9.59 Å². The van der Waals surface area contributed by atoms with Crippen LogP contribution in [0, 0.1) is 5.41 Å². The molecular formula is C21H28N2O6. The molecule has 2 aliphatic rings. The molecule has 0 bridgehead atoms. The quantitative estimate of drug-likeness (QED) is 0.779. The van der Waals surface area contributed by atoms with Crippen LogP contribution < -0.4 is 5.32 Å². The molecule has 2 amide bonds. The van der Waals surface area contributed by atoms with Gasteiger partial charge in [0.25, 0.3) is 0 Å². The predicted molar refractivity (Wildman–Crippen MR) is 104 cm³/mol. The summed E-state index contributed by atoms with van der Waals surface area (Å²) < 4.78 is 10.9. The van der Waals surface area contributed by atoms with Gasteiger partial charge in [-0.2, -0.15) is 0 Å². The standard InChI is InChI=1S/C21H28N2O6/c1-21(2,3)17(22-20(27)29-12-13-7-5-4-6-8-13)18(24)23-14-9-10-28-16(14)11-15(23)19(25)26/h4-8,14-17H,9-12H2,1-3H3,(H,22,27)(H,25,26)/t14-,15?,16-,17-/m1/s1. The molecule has 8 heteroatoms. The summed E-state index contributed by atoms with van der Waals surface area (Å²) in [7, 11) is 0. The van der Waals surface area contributed by atoms with Crippen molar-refractivity contribution in [2.75, 3.05) is 6.61 Å². The number of carbonyl (C=O) groups is 3. The van der Waals surface area contributed by atoms with Crippen LogP contribution >= 0.6 is 0 Å². The molecule has 0 saturated carbocycles. The van der Waals surface area contributed by atoms with E-state index in [0.717, 1.165) is 5.56 Å². The average molecular weight is 404 g/mol. The van der Waals surface area contributed by atoms with E-state index in [9.17, 15) is 19.5 Å². The van der Waals surface area contributed by atoms with E-state index in [2.05, 4.69) is 5.32 Å². The Morgan fingerprint density at radius 1 is 1.28 bits per heavy atom. The molecule has 2 heterocycles. The van der Waals surface area contributed by atoms with Gasteiger partial charge >= 0.3 is 12.1 Å². The van der Waals surface area contributed by atoms with Crippen LogP contribution in [0.2, 0.25) is 0 Å². The number of rotatable bonds is 5. The molecule has 8 nitrogen and oxygen atoms in total. The van der Waals surface area contributed by atoms with E-state index in [1.807, 2.05) is 51.1 Å². The number of aliphatic carboxylic acids is 1. The van der Waals surface area contributed by atoms with E-state index in [1.54, 1.807) is 0 Å². The zero-order valence-electron chi connectivity index (χ0n) is 17.0. The molecule has 158 valence electrons. The monoisotopic (exact) mass is 404 g/mol. The van der Waals surface area contributed by atoms with E-state index < -0.39 is 35.5 Å². The van der Waals surface area contributed by atoms with Gasteiger partial charge in [0, 0.05) is 13.0 Å². The Labute approximate surface area is 170 Å². The van der Waals surface area contributed by atoms with Gasteiger partial charge in [-0.3, -0.25) is 4.79 Å². The van der Waals surface area contributed by atoms with Crippen molar-refractivity contribution in [3.8, 4) is 0 Å². The number of nitrogens with one attached hydrogen (secondary N) is 1. The molecule has 2 fully saturated rings. The van der Waals surface area contributed by atoms with Gasteiger partial charge in [0.15, 0.2) is 0 Å². The first-order valence-electron chi connectivity index (χ1n) is 9.82. The largest absolute Gasteiger partial charge is 0.480 e. The van der Waals surface area contributed by atoms with Crippen LogP contribution in [-0.4, -0.2) is 58.8 Å². The van der Waals surface area contributed by atoms with Gasteiger partial charge in [-0.1, -0.05) is 51.1 Å². The van der Waals surface area contributed by atoms with Crippen LogP contribution in [0.4, 0.5) is 4.79 Å². The second-order valence-electron chi connectivity index (χ2n) is 8.61. The highest BCUT2D eigenvalue weighted by atomic mass is 16.5. The number of alkyl carbamates (subject to hydrolysis) is 1. The summed E-state index contributed by atoms with van der Waals surface area (Å²) in [6.07, 6.45) is -0.130. The van der Waals surface area contributed by atoms with E-state index >= 15 is 0 Å². The first kappa shape index (κ1) is 21.1. The fraction of sp³-hybridized carbons (Fsp3) is 0.571. The topological polar surface area (TPSA) is 105 Å². The van der Waals surface area contributed by atoms with E-state index in [-0.39, 0.29) is 25.2 Å². The molecule has 1 unspecified atom stereocenters. The number of fused-ring (bicyclic) bond motifs is 1. The summed E-state index contributed by atoms with van der Waals surface area (Å²) in [5.74, 6) is -1.48. The Balaban J connectivity index is 1.73. The second kappa shape index (κ2) is 8.41. The molecule has 3 rings (SSSR count). The maximum Gasteiger partial charge on any atom is 0.408 e. The van der Waals surface area contributed by atoms with Crippen molar-refractivity contribution in [3.63, 3.8) is 0 Å². The van der Waals surface area contributed by atoms with Crippen LogP contribution in [-0.2, 0) is 25.7 Å². The van der Waals surface area contributed by atoms with Gasteiger partial charge < -0.3 is 24.8 Å². The maximum absolute atomic E-state index is 13.4. The van der Waals surface area contributed by atoms with Crippen LogP contribution in [0.15, 0.2) is 30.3 Å². The summed E-state index contributed by atoms with van der Waals surface area (Å²) in [4.78, 5) is 38.9. The van der Waals surface area contributed by atoms with Crippen molar-refractivity contribution in [3.05, 3.63) is 35.9 Å². The Bertz CT molecular complexity index is 760. The summed E-state index contributed by atoms with van der Waals surface area (Å²) in [5, 5.41) is 12.3. The van der Waals surface area contributed by atoms with Gasteiger partial charge in [0.2, 0.25) is 5.91 Å². The van der Waals surface area contributed by atoms with Crippen LogP contribution in [0.25, 0.3) is 0 Å². The lowest BCUT2D eigenvalue weighted by molar-refractivity contribution is -0.151. The molecule has 0 spiro atoms. The minimum atomic E-state index is -1.06. The van der Waals surface area contributed by atoms with Gasteiger partial charge in [-0.05, 0) is 17.4 Å². The van der Waals surface area contributed by atoms with Crippen molar-refractivity contribution < 1.29 is 29.0 Å². The summed E-state index contributed by atoms with van der Waals surface area (Å²) in [6, 6.07) is 7.07. The van der Waals surface area contributed by atoms with Gasteiger partial charge in [0.1, 0.15) is 18.7 Å². The highest BCUT2D eigenvalue weighted by Gasteiger charge is 2.52. The fourth-order valence-corrected chi connectivity index (χ4v) is 3.96. The highest BCUT2D eigenvalue weighted by Crippen LogP contribution is 2.36. The Hall–Kier alpha value is -2.61. The Morgan fingerprint density at radius 3 is 2.59 bits per heavy atom. The van der Waals surface area contributed by atoms with Crippen LogP contribution in [0.5, 0.6) is 0 Å². The number of hydrogen-bond donors (Lipinski definition) is 2. The van der Waals surface area contributed by atoms with Crippen LogP contribution in [0.3, 0.4) is 0 Å². The van der Waals surface area contributed by atoms with Crippen LogP contribution in [0.1, 0.15) is 39.2 Å². The number of carbonyl (C=O) groups excluding carboxylic acids is 2. The molecule has 2 aliphatic heterocycles. The number of hydrogen-bond acceptors (Lipinski definition) is 5. The fourth-order valence-electron chi connectivity index (χ4n) is 3.96. The van der Waals surface area contributed by atoms with E-state index in [1.165, 1.54) is 4.90 Å². The number of amides is 2. The molecule has 0 aromatic heterocycles. The number of nitrogens with zero attached hydrogens (tertiary/aromatic N) is 1. The molecule has 4 atom stereocenters. The van der Waals surface area contributed by atoms with E-state index in [4.69, 9.17) is 9.47 Å². The SMILES string of the molecule is CC(C)(C)[C@H](NC(=O)OCc1ccccc1)C(=O)N1C(C(=O)O)C[C@H]2OCC[C@H]21. The third-order valence-electron chi connectivity index (χ3n) is 5.45. The summed E-state index contributed by atoms with van der Waals surface area (Å²) >= 11 is 0. The zero-order chi connectivity index (χ0) is 21.2. The molecule has 2 saturated heterocycles. The number of likely N-dealkylation sites (tertiary alicyclic amines) is 1. The lowest BCUT2D eigenvalue weighted by Crippen LogP contribution is -2.58. The molecule has 0 radical (unpaired) electrons. The van der Waals surface area contributed by atoms with Gasteiger partial charge in [-0.15, -0.1) is 0 Å². The molecule has 29 heavy (non-hydrogen) atoms. The molecule has 2 N–H and O–H groups in total. The molecule has 1 aromatic rings. The van der Waals surface area contributed by atoms with Crippen molar-refractivity contribution in [2.24, 2.45) is 5.41 Å². The van der Waals surface area contributed by atoms with Crippen molar-refractivity contribution in [1.82, 2.24) is 10.2 Å². The average Bonchev–Trinajstić information content (AvgIpc) is 3.25. The first-order valence-corrected chi connectivity index (χ1v) is 9.82. The molecular weight excluding hydrogens is 376 g/mol.